The zero-order valence-corrected chi connectivity index (χ0v) is 12.7. The first-order chi connectivity index (χ1) is 9.29. The fourth-order valence-corrected chi connectivity index (χ4v) is 2.30. The zero-order chi connectivity index (χ0) is 14.8. The number of nitrogens with zero attached hydrogens (tertiary/aromatic N) is 1. The van der Waals surface area contributed by atoms with Crippen LogP contribution in [0.5, 0.6) is 0 Å². The van der Waals surface area contributed by atoms with Crippen LogP contribution in [0, 0.1) is 0 Å². The topological polar surface area (TPSA) is 33.1 Å². The van der Waals surface area contributed by atoms with Crippen molar-refractivity contribution in [2.75, 3.05) is 0 Å². The predicted octanol–water partition coefficient (Wildman–Crippen LogP) is 3.83. The Morgan fingerprint density at radius 3 is 2.10 bits per heavy atom. The third-order valence-corrected chi connectivity index (χ3v) is 3.65. The van der Waals surface area contributed by atoms with Gasteiger partial charge in [-0.25, -0.2) is 0 Å². The Morgan fingerprint density at radius 1 is 0.950 bits per heavy atom. The standard InChI is InChI=1S/C18H23NO/c1-17(2,3)15-9-7-14(8-10-15)12-18(4,20)16-6-5-11-19-13-16/h5-11,13,20H,12H2,1-4H3. The normalized spacial score (nSPS) is 14.8. The first-order valence-electron chi connectivity index (χ1n) is 7.01. The lowest BCUT2D eigenvalue weighted by molar-refractivity contribution is 0.0572. The van der Waals surface area contributed by atoms with Crippen molar-refractivity contribution in [3.8, 4) is 0 Å². The van der Waals surface area contributed by atoms with Crippen molar-refractivity contribution in [2.45, 2.75) is 45.1 Å². The third kappa shape index (κ3) is 3.45. The molecule has 2 heteroatoms. The minimum atomic E-state index is -0.891. The van der Waals surface area contributed by atoms with Crippen LogP contribution in [0.15, 0.2) is 48.8 Å². The van der Waals surface area contributed by atoms with Gasteiger partial charge in [-0.05, 0) is 29.5 Å². The van der Waals surface area contributed by atoms with Gasteiger partial charge >= 0.3 is 0 Å². The molecule has 1 aromatic heterocycles. The second-order valence-corrected chi connectivity index (χ2v) is 6.64. The number of hydrogen-bond donors (Lipinski definition) is 1. The Kier molecular flexibility index (Phi) is 3.96. The van der Waals surface area contributed by atoms with Gasteiger partial charge in [-0.2, -0.15) is 0 Å². The molecule has 0 aliphatic rings. The molecule has 1 aromatic carbocycles. The van der Waals surface area contributed by atoms with Gasteiger partial charge < -0.3 is 5.11 Å². The lowest BCUT2D eigenvalue weighted by Crippen LogP contribution is -2.24. The Balaban J connectivity index is 2.18. The van der Waals surface area contributed by atoms with Crippen molar-refractivity contribution in [3.63, 3.8) is 0 Å². The van der Waals surface area contributed by atoms with E-state index in [0.717, 1.165) is 11.1 Å². The highest BCUT2D eigenvalue weighted by Crippen LogP contribution is 2.27. The van der Waals surface area contributed by atoms with E-state index in [9.17, 15) is 5.11 Å². The van der Waals surface area contributed by atoms with E-state index in [1.165, 1.54) is 5.56 Å². The smallest absolute Gasteiger partial charge is 0.0923 e. The summed E-state index contributed by atoms with van der Waals surface area (Å²) in [6.07, 6.45) is 4.03. The van der Waals surface area contributed by atoms with E-state index in [4.69, 9.17) is 0 Å². The Hall–Kier alpha value is -1.67. The summed E-state index contributed by atoms with van der Waals surface area (Å²) in [6, 6.07) is 12.3. The lowest BCUT2D eigenvalue weighted by atomic mass is 9.85. The quantitative estimate of drug-likeness (QED) is 0.918. The first kappa shape index (κ1) is 14.7. The molecule has 2 aromatic rings. The Bertz CT molecular complexity index is 550. The number of pyridine rings is 1. The van der Waals surface area contributed by atoms with Crippen LogP contribution in [0.2, 0.25) is 0 Å². The average Bonchev–Trinajstić information content (AvgIpc) is 2.39. The fraction of sp³-hybridized carbons (Fsp3) is 0.389. The highest BCUT2D eigenvalue weighted by molar-refractivity contribution is 5.30. The summed E-state index contributed by atoms with van der Waals surface area (Å²) >= 11 is 0. The summed E-state index contributed by atoms with van der Waals surface area (Å²) in [5.41, 5.74) is 2.55. The van der Waals surface area contributed by atoms with Crippen molar-refractivity contribution in [1.82, 2.24) is 4.98 Å². The maximum absolute atomic E-state index is 10.6. The van der Waals surface area contributed by atoms with Crippen molar-refractivity contribution in [2.24, 2.45) is 0 Å². The van der Waals surface area contributed by atoms with E-state index < -0.39 is 5.60 Å². The highest BCUT2D eigenvalue weighted by Gasteiger charge is 2.24. The molecule has 0 spiro atoms. The van der Waals surface area contributed by atoms with E-state index in [1.807, 2.05) is 19.1 Å². The molecule has 0 saturated heterocycles. The second kappa shape index (κ2) is 5.37. The molecule has 0 radical (unpaired) electrons. The van der Waals surface area contributed by atoms with Gasteiger partial charge in [-0.15, -0.1) is 0 Å². The second-order valence-electron chi connectivity index (χ2n) is 6.64. The molecular weight excluding hydrogens is 246 g/mol. The van der Waals surface area contributed by atoms with Crippen molar-refractivity contribution >= 4 is 0 Å². The third-order valence-electron chi connectivity index (χ3n) is 3.65. The van der Waals surface area contributed by atoms with Crippen LogP contribution in [0.4, 0.5) is 0 Å². The molecule has 1 unspecified atom stereocenters. The highest BCUT2D eigenvalue weighted by atomic mass is 16.3. The van der Waals surface area contributed by atoms with Crippen LogP contribution in [0.3, 0.4) is 0 Å². The van der Waals surface area contributed by atoms with Crippen LogP contribution in [-0.2, 0) is 17.4 Å². The summed E-state index contributed by atoms with van der Waals surface area (Å²) in [5, 5.41) is 10.6. The molecule has 2 rings (SSSR count). The van der Waals surface area contributed by atoms with Gasteiger partial charge in [0.25, 0.3) is 0 Å². The maximum atomic E-state index is 10.6. The SMILES string of the molecule is CC(C)(C)c1ccc(CC(C)(O)c2cccnc2)cc1. The number of benzene rings is 1. The number of aromatic nitrogens is 1. The molecule has 1 atom stereocenters. The molecule has 0 saturated carbocycles. The summed E-state index contributed by atoms with van der Waals surface area (Å²) in [4.78, 5) is 4.08. The van der Waals surface area contributed by atoms with Crippen molar-refractivity contribution < 1.29 is 5.11 Å². The maximum Gasteiger partial charge on any atom is 0.0923 e. The molecule has 0 amide bonds. The van der Waals surface area contributed by atoms with Crippen LogP contribution < -0.4 is 0 Å². The minimum absolute atomic E-state index is 0.157. The summed E-state index contributed by atoms with van der Waals surface area (Å²) in [7, 11) is 0. The molecule has 0 aliphatic carbocycles. The largest absolute Gasteiger partial charge is 0.385 e. The molecular formula is C18H23NO. The summed E-state index contributed by atoms with van der Waals surface area (Å²) < 4.78 is 0. The number of rotatable bonds is 3. The van der Waals surface area contributed by atoms with Crippen molar-refractivity contribution in [1.29, 1.82) is 0 Å². The van der Waals surface area contributed by atoms with Crippen LogP contribution in [0.1, 0.15) is 44.4 Å². The van der Waals surface area contributed by atoms with Gasteiger partial charge in [0.1, 0.15) is 0 Å². The van der Waals surface area contributed by atoms with E-state index >= 15 is 0 Å². The molecule has 1 N–H and O–H groups in total. The van der Waals surface area contributed by atoms with E-state index in [0.29, 0.717) is 6.42 Å². The molecule has 0 bridgehead atoms. The van der Waals surface area contributed by atoms with E-state index in [2.05, 4.69) is 50.0 Å². The monoisotopic (exact) mass is 269 g/mol. The van der Waals surface area contributed by atoms with E-state index in [-0.39, 0.29) is 5.41 Å². The fourth-order valence-electron chi connectivity index (χ4n) is 2.30. The molecule has 0 fully saturated rings. The van der Waals surface area contributed by atoms with Gasteiger partial charge in [0.2, 0.25) is 0 Å². The van der Waals surface area contributed by atoms with E-state index in [1.54, 1.807) is 12.4 Å². The van der Waals surface area contributed by atoms with Crippen molar-refractivity contribution in [3.05, 3.63) is 65.5 Å². The number of hydrogen-bond acceptors (Lipinski definition) is 2. The lowest BCUT2D eigenvalue weighted by Gasteiger charge is -2.24. The first-order valence-corrected chi connectivity index (χ1v) is 7.01. The molecule has 0 aliphatic heterocycles. The zero-order valence-electron chi connectivity index (χ0n) is 12.7. The molecule has 2 nitrogen and oxygen atoms in total. The summed E-state index contributed by atoms with van der Waals surface area (Å²) in [5.74, 6) is 0. The van der Waals surface area contributed by atoms with Gasteiger partial charge in [0.05, 0.1) is 5.60 Å². The Morgan fingerprint density at radius 2 is 1.60 bits per heavy atom. The van der Waals surface area contributed by atoms with Gasteiger partial charge in [0, 0.05) is 24.4 Å². The average molecular weight is 269 g/mol. The predicted molar refractivity (Wildman–Crippen MR) is 82.7 cm³/mol. The van der Waals surface area contributed by atoms with Gasteiger partial charge in [0.15, 0.2) is 0 Å². The van der Waals surface area contributed by atoms with Crippen LogP contribution >= 0.6 is 0 Å². The number of aliphatic hydroxyl groups is 1. The minimum Gasteiger partial charge on any atom is -0.385 e. The Labute approximate surface area is 121 Å². The van der Waals surface area contributed by atoms with Crippen LogP contribution in [0.25, 0.3) is 0 Å². The van der Waals surface area contributed by atoms with Gasteiger partial charge in [-0.3, -0.25) is 4.98 Å². The molecule has 106 valence electrons. The van der Waals surface area contributed by atoms with Crippen LogP contribution in [-0.4, -0.2) is 10.1 Å². The molecule has 1 heterocycles. The molecule has 20 heavy (non-hydrogen) atoms. The van der Waals surface area contributed by atoms with Gasteiger partial charge in [-0.1, -0.05) is 51.1 Å². The summed E-state index contributed by atoms with van der Waals surface area (Å²) in [6.45, 7) is 8.44.